The number of pyridine rings is 1. The lowest BCUT2D eigenvalue weighted by Gasteiger charge is -2.29. The van der Waals surface area contributed by atoms with Gasteiger partial charge in [-0.25, -0.2) is 4.98 Å². The number of amides is 1. The number of aromatic nitrogens is 3. The van der Waals surface area contributed by atoms with E-state index in [1.165, 1.54) is 24.7 Å². The molecular weight excluding hydrogens is 441 g/mol. The van der Waals surface area contributed by atoms with Crippen LogP contribution >= 0.6 is 0 Å². The maximum absolute atomic E-state index is 12.4. The van der Waals surface area contributed by atoms with Crippen molar-refractivity contribution < 1.29 is 27.4 Å². The number of rotatable bonds is 6. The Morgan fingerprint density at radius 3 is 2.45 bits per heavy atom. The van der Waals surface area contributed by atoms with Gasteiger partial charge in [-0.05, 0) is 6.07 Å². The first-order valence-corrected chi connectivity index (χ1v) is 10.2. The third kappa shape index (κ3) is 10.4. The highest BCUT2D eigenvalue weighted by molar-refractivity contribution is 5.91. The molecule has 0 bridgehead atoms. The van der Waals surface area contributed by atoms with Crippen LogP contribution < -0.4 is 15.0 Å². The summed E-state index contributed by atoms with van der Waals surface area (Å²) in [5.41, 5.74) is 7.49. The molecule has 1 fully saturated rings. The summed E-state index contributed by atoms with van der Waals surface area (Å²) >= 11 is 0. The molecular formula is C21H28F3N6O3-. The lowest BCUT2D eigenvalue weighted by molar-refractivity contribution is -0.154. The van der Waals surface area contributed by atoms with Gasteiger partial charge in [-0.2, -0.15) is 18.2 Å². The summed E-state index contributed by atoms with van der Waals surface area (Å²) in [6.07, 6.45) is -0.256. The van der Waals surface area contributed by atoms with Gasteiger partial charge in [-0.3, -0.25) is 9.78 Å². The second kappa shape index (κ2) is 11.8. The average molecular weight is 469 g/mol. The van der Waals surface area contributed by atoms with Crippen LogP contribution in [0.25, 0.3) is 5.73 Å². The summed E-state index contributed by atoms with van der Waals surface area (Å²) in [7, 11) is 0. The Labute approximate surface area is 190 Å². The average Bonchev–Trinajstić information content (AvgIpc) is 2.76. The minimum atomic E-state index is -4.45. The summed E-state index contributed by atoms with van der Waals surface area (Å²) in [5.74, 6) is -0.108. The molecule has 0 aliphatic carbocycles. The molecule has 1 aliphatic rings. The minimum Gasteiger partial charge on any atom is -0.673 e. The summed E-state index contributed by atoms with van der Waals surface area (Å²) in [4.78, 5) is 26.0. The molecule has 12 heteroatoms. The molecule has 182 valence electrons. The van der Waals surface area contributed by atoms with Crippen LogP contribution in [0.1, 0.15) is 36.8 Å². The normalized spacial score (nSPS) is 14.2. The van der Waals surface area contributed by atoms with E-state index in [4.69, 9.17) is 15.2 Å². The van der Waals surface area contributed by atoms with Crippen LogP contribution in [0, 0.1) is 0 Å². The Kier molecular flexibility index (Phi) is 9.35. The molecule has 1 amide bonds. The van der Waals surface area contributed by atoms with E-state index < -0.39 is 18.7 Å². The first-order chi connectivity index (χ1) is 15.4. The minimum absolute atomic E-state index is 0.120. The van der Waals surface area contributed by atoms with E-state index in [1.807, 2.05) is 25.7 Å². The lowest BCUT2D eigenvalue weighted by Crippen LogP contribution is -2.38. The smallest absolute Gasteiger partial charge is 0.422 e. The molecule has 0 radical (unpaired) electrons. The Balaban J connectivity index is 0.000000696. The number of halogens is 3. The molecule has 0 aromatic carbocycles. The number of carbonyl (C=O) groups excluding carboxylic acids is 1. The number of morpholine rings is 1. The predicted octanol–water partition coefficient (Wildman–Crippen LogP) is 3.42. The lowest BCUT2D eigenvalue weighted by atomic mass is 10.1. The Morgan fingerprint density at radius 1 is 1.21 bits per heavy atom. The van der Waals surface area contributed by atoms with Gasteiger partial charge >= 0.3 is 6.18 Å². The highest BCUT2D eigenvalue weighted by Crippen LogP contribution is 2.24. The van der Waals surface area contributed by atoms with E-state index >= 15 is 0 Å². The number of nitrogens with zero attached hydrogens (tertiary/aromatic N) is 4. The maximum atomic E-state index is 12.4. The van der Waals surface area contributed by atoms with Crippen LogP contribution in [0.3, 0.4) is 0 Å². The van der Waals surface area contributed by atoms with Crippen LogP contribution in [0.15, 0.2) is 30.7 Å². The summed E-state index contributed by atoms with van der Waals surface area (Å²) in [6.45, 7) is 6.26. The van der Waals surface area contributed by atoms with Gasteiger partial charge in [-0.15, -0.1) is 5.54 Å². The van der Waals surface area contributed by atoms with Crippen molar-refractivity contribution in [2.45, 2.75) is 39.0 Å². The van der Waals surface area contributed by atoms with Gasteiger partial charge < -0.3 is 25.4 Å². The fraction of sp³-hybridized carbons (Fsp3) is 0.524. The van der Waals surface area contributed by atoms with Crippen LogP contribution in [0.2, 0.25) is 0 Å². The van der Waals surface area contributed by atoms with Crippen molar-refractivity contribution in [1.82, 2.24) is 20.3 Å². The first kappa shape index (κ1) is 26.3. The highest BCUT2D eigenvalue weighted by Gasteiger charge is 2.29. The molecule has 3 heterocycles. The van der Waals surface area contributed by atoms with E-state index in [9.17, 15) is 18.0 Å². The predicted molar refractivity (Wildman–Crippen MR) is 116 cm³/mol. The van der Waals surface area contributed by atoms with Gasteiger partial charge in [0.15, 0.2) is 6.61 Å². The molecule has 2 aromatic heterocycles. The Hall–Kier alpha value is -2.99. The van der Waals surface area contributed by atoms with Gasteiger partial charge in [0.1, 0.15) is 11.5 Å². The van der Waals surface area contributed by atoms with Gasteiger partial charge in [0.2, 0.25) is 5.88 Å². The number of ether oxygens (including phenoxy) is 2. The van der Waals surface area contributed by atoms with E-state index in [2.05, 4.69) is 20.3 Å². The molecule has 0 atom stereocenters. The molecule has 2 N–H and O–H groups in total. The van der Waals surface area contributed by atoms with Crippen LogP contribution in [0.5, 0.6) is 5.88 Å². The van der Waals surface area contributed by atoms with Crippen molar-refractivity contribution in [3.05, 3.63) is 47.7 Å². The third-order valence-corrected chi connectivity index (χ3v) is 3.86. The third-order valence-electron chi connectivity index (χ3n) is 3.86. The molecule has 33 heavy (non-hydrogen) atoms. The van der Waals surface area contributed by atoms with Crippen molar-refractivity contribution in [2.75, 3.05) is 37.8 Å². The summed E-state index contributed by atoms with van der Waals surface area (Å²) < 4.78 is 47.3. The first-order valence-electron chi connectivity index (χ1n) is 10.2. The topological polar surface area (TPSA) is 113 Å². The van der Waals surface area contributed by atoms with Crippen molar-refractivity contribution in [3.8, 4) is 5.88 Å². The number of anilines is 1. The van der Waals surface area contributed by atoms with Crippen molar-refractivity contribution in [3.63, 3.8) is 0 Å². The number of hydrogen-bond donors (Lipinski definition) is 1. The Morgan fingerprint density at radius 2 is 1.88 bits per heavy atom. The van der Waals surface area contributed by atoms with E-state index in [0.29, 0.717) is 37.7 Å². The van der Waals surface area contributed by atoms with Crippen molar-refractivity contribution in [1.29, 1.82) is 0 Å². The molecule has 9 nitrogen and oxygen atoms in total. The molecule has 0 spiro atoms. The van der Waals surface area contributed by atoms with Gasteiger partial charge in [0.05, 0.1) is 19.4 Å². The van der Waals surface area contributed by atoms with Crippen molar-refractivity contribution >= 4 is 11.7 Å². The van der Waals surface area contributed by atoms with Crippen LogP contribution in [-0.2, 0) is 11.3 Å². The van der Waals surface area contributed by atoms with E-state index in [-0.39, 0.29) is 23.7 Å². The largest absolute Gasteiger partial charge is 0.673 e. The summed E-state index contributed by atoms with van der Waals surface area (Å²) in [6, 6.07) is 2.93. The van der Waals surface area contributed by atoms with Crippen molar-refractivity contribution in [2.24, 2.45) is 0 Å². The molecule has 3 rings (SSSR count). The van der Waals surface area contributed by atoms with E-state index in [0.717, 1.165) is 0 Å². The number of nitrogens with one attached hydrogen (secondary N) is 2. The fourth-order valence-electron chi connectivity index (χ4n) is 2.57. The van der Waals surface area contributed by atoms with Gasteiger partial charge in [0, 0.05) is 43.7 Å². The quantitative estimate of drug-likeness (QED) is 0.690. The summed E-state index contributed by atoms with van der Waals surface area (Å²) in [5, 5.41) is 2.71. The second-order valence-electron chi connectivity index (χ2n) is 8.16. The maximum Gasteiger partial charge on any atom is 0.422 e. The fourth-order valence-corrected chi connectivity index (χ4v) is 2.57. The molecule has 0 saturated carbocycles. The second-order valence-corrected chi connectivity index (χ2v) is 8.16. The molecule has 1 saturated heterocycles. The zero-order valence-corrected chi connectivity index (χ0v) is 18.8. The van der Waals surface area contributed by atoms with E-state index in [1.54, 1.807) is 6.07 Å². The Bertz CT molecular complexity index is 879. The van der Waals surface area contributed by atoms with Crippen LogP contribution in [-0.4, -0.2) is 65.5 Å². The number of hydrogen-bond acceptors (Lipinski definition) is 7. The standard InChI is InChI=1S/C17H18F3N5O3.C4H10N/c18-17(19,20)11-28-14-2-1-12(15(24-14)25-5-7-27-8-6-25)9-23-16(26)13-10-21-3-4-22-13;1-4(2,3)5/h1-4,10H,5-9,11H2,(H,23,26);5H,1-3H3/q;-1. The van der Waals surface area contributed by atoms with Gasteiger partial charge in [-0.1, -0.05) is 20.8 Å². The molecule has 1 aliphatic heterocycles. The molecule has 2 aromatic rings. The SMILES string of the molecule is CC(C)(C)[NH-].O=C(NCc1ccc(OCC(F)(F)F)nc1N1CCOCC1)c1cnccn1. The zero-order valence-electron chi connectivity index (χ0n) is 18.8. The number of alkyl halides is 3. The zero-order chi connectivity index (χ0) is 24.5. The molecule has 0 unspecified atom stereocenters. The van der Waals surface area contributed by atoms with Crippen LogP contribution in [0.4, 0.5) is 19.0 Å². The highest BCUT2D eigenvalue weighted by atomic mass is 19.4. The monoisotopic (exact) mass is 469 g/mol. The number of carbonyl (C=O) groups is 1. The van der Waals surface area contributed by atoms with Gasteiger partial charge in [0.25, 0.3) is 5.91 Å².